The largest absolute Gasteiger partial charge is 0.495 e. The van der Waals surface area contributed by atoms with Gasteiger partial charge in [0.25, 0.3) is 0 Å². The number of amides is 1. The number of methoxy groups -OCH3 is 1. The van der Waals surface area contributed by atoms with Crippen molar-refractivity contribution in [2.75, 3.05) is 20.3 Å². The topological polar surface area (TPSA) is 71.3 Å². The molecule has 0 saturated heterocycles. The van der Waals surface area contributed by atoms with Gasteiger partial charge in [0.1, 0.15) is 18.4 Å². The summed E-state index contributed by atoms with van der Waals surface area (Å²) < 4.78 is 10.7. The second-order valence-corrected chi connectivity index (χ2v) is 7.18. The maximum Gasteiger partial charge on any atom is 0.407 e. The van der Waals surface area contributed by atoms with E-state index in [1.807, 2.05) is 42.5 Å². The van der Waals surface area contributed by atoms with Crippen molar-refractivity contribution in [1.82, 2.24) is 5.32 Å². The minimum atomic E-state index is -0.459. The van der Waals surface area contributed by atoms with Gasteiger partial charge in [-0.05, 0) is 39.9 Å². The normalized spacial score (nSPS) is 12.1. The minimum Gasteiger partial charge on any atom is -0.495 e. The Morgan fingerprint density at radius 2 is 1.74 bits per heavy atom. The molecule has 5 heteroatoms. The van der Waals surface area contributed by atoms with E-state index in [1.165, 1.54) is 29.4 Å². The molecule has 0 fully saturated rings. The van der Waals surface area contributed by atoms with Crippen molar-refractivity contribution in [3.63, 3.8) is 0 Å². The molecule has 1 aliphatic carbocycles. The lowest BCUT2D eigenvalue weighted by Crippen LogP contribution is -2.26. The second-order valence-electron chi connectivity index (χ2n) is 7.18. The van der Waals surface area contributed by atoms with Crippen molar-refractivity contribution in [3.8, 4) is 22.9 Å². The maximum atomic E-state index is 12.2. The number of hydrogen-bond donors (Lipinski definition) is 1. The zero-order valence-corrected chi connectivity index (χ0v) is 17.2. The summed E-state index contributed by atoms with van der Waals surface area (Å²) in [6.45, 7) is 0.609. The summed E-state index contributed by atoms with van der Waals surface area (Å²) in [6, 6.07) is 23.9. The van der Waals surface area contributed by atoms with Gasteiger partial charge in [0.2, 0.25) is 0 Å². The van der Waals surface area contributed by atoms with Gasteiger partial charge in [-0.2, -0.15) is 5.26 Å². The van der Waals surface area contributed by atoms with E-state index in [9.17, 15) is 4.79 Å². The van der Waals surface area contributed by atoms with Crippen LogP contribution in [0.4, 0.5) is 4.79 Å². The van der Waals surface area contributed by atoms with Crippen LogP contribution in [0.5, 0.6) is 5.75 Å². The molecule has 3 aromatic rings. The summed E-state index contributed by atoms with van der Waals surface area (Å²) in [6.07, 6.45) is 3.19. The van der Waals surface area contributed by atoms with E-state index in [1.54, 1.807) is 12.1 Å². The summed E-state index contributed by atoms with van der Waals surface area (Å²) in [5.41, 5.74) is 6.09. The number of nitriles is 1. The SMILES string of the molecule is COc1ccc(C=CCNC(=O)OCC2c3ccccc3-c3ccccc32)cc1C#N. The van der Waals surface area contributed by atoms with Crippen LogP contribution in [-0.4, -0.2) is 26.4 Å². The number of benzene rings is 3. The van der Waals surface area contributed by atoms with Crippen LogP contribution >= 0.6 is 0 Å². The number of nitrogens with one attached hydrogen (secondary N) is 1. The Balaban J connectivity index is 1.32. The quantitative estimate of drug-likeness (QED) is 0.612. The predicted molar refractivity (Wildman–Crippen MR) is 120 cm³/mol. The Hall–Kier alpha value is -4.04. The highest BCUT2D eigenvalue weighted by Crippen LogP contribution is 2.44. The molecule has 0 bridgehead atoms. The van der Waals surface area contributed by atoms with Crippen molar-refractivity contribution in [1.29, 1.82) is 5.26 Å². The van der Waals surface area contributed by atoms with Crippen molar-refractivity contribution in [3.05, 3.63) is 95.1 Å². The summed E-state index contributed by atoms with van der Waals surface area (Å²) in [5.74, 6) is 0.578. The molecule has 4 rings (SSSR count). The molecule has 3 aromatic carbocycles. The molecule has 31 heavy (non-hydrogen) atoms. The Kier molecular flexibility index (Phi) is 6.00. The van der Waals surface area contributed by atoms with E-state index < -0.39 is 6.09 Å². The Morgan fingerprint density at radius 3 is 2.39 bits per heavy atom. The van der Waals surface area contributed by atoms with Crippen LogP contribution < -0.4 is 10.1 Å². The molecule has 0 aromatic heterocycles. The van der Waals surface area contributed by atoms with E-state index in [0.717, 1.165) is 5.56 Å². The van der Waals surface area contributed by atoms with E-state index in [2.05, 4.69) is 35.7 Å². The fourth-order valence-corrected chi connectivity index (χ4v) is 3.90. The van der Waals surface area contributed by atoms with Gasteiger partial charge in [-0.25, -0.2) is 4.79 Å². The van der Waals surface area contributed by atoms with Crippen LogP contribution in [0, 0.1) is 11.3 Å². The molecule has 1 N–H and O–H groups in total. The van der Waals surface area contributed by atoms with Crippen LogP contribution in [0.3, 0.4) is 0 Å². The van der Waals surface area contributed by atoms with Crippen molar-refractivity contribution < 1.29 is 14.3 Å². The first-order chi connectivity index (χ1) is 15.2. The highest BCUT2D eigenvalue weighted by molar-refractivity contribution is 5.79. The summed E-state index contributed by atoms with van der Waals surface area (Å²) in [5, 5.41) is 11.9. The predicted octanol–water partition coefficient (Wildman–Crippen LogP) is 5.12. The molecule has 5 nitrogen and oxygen atoms in total. The molecule has 0 aliphatic heterocycles. The molecule has 1 amide bonds. The molecule has 154 valence electrons. The number of carbonyl (C=O) groups excluding carboxylic acids is 1. The first kappa shape index (κ1) is 20.2. The standard InChI is InChI=1S/C26H22N2O3/c1-30-25-13-12-18(15-19(25)16-27)7-6-14-28-26(29)31-17-24-22-10-4-2-8-20(22)21-9-3-5-11-23(21)24/h2-13,15,24H,14,17H2,1H3,(H,28,29). The number of rotatable bonds is 6. The summed E-state index contributed by atoms with van der Waals surface area (Å²) >= 11 is 0. The highest BCUT2D eigenvalue weighted by Gasteiger charge is 2.28. The lowest BCUT2D eigenvalue weighted by molar-refractivity contribution is 0.144. The van der Waals surface area contributed by atoms with Crippen LogP contribution in [0.1, 0.15) is 28.2 Å². The Bertz CT molecular complexity index is 1130. The van der Waals surface area contributed by atoms with E-state index in [-0.39, 0.29) is 12.5 Å². The summed E-state index contributed by atoms with van der Waals surface area (Å²) in [7, 11) is 1.53. The molecular formula is C26H22N2O3. The number of hydrogen-bond acceptors (Lipinski definition) is 4. The lowest BCUT2D eigenvalue weighted by Gasteiger charge is -2.14. The fourth-order valence-electron chi connectivity index (χ4n) is 3.90. The number of alkyl carbamates (subject to hydrolysis) is 1. The van der Waals surface area contributed by atoms with Crippen LogP contribution in [0.25, 0.3) is 17.2 Å². The first-order valence-electron chi connectivity index (χ1n) is 10.0. The lowest BCUT2D eigenvalue weighted by atomic mass is 9.98. The van der Waals surface area contributed by atoms with E-state index in [4.69, 9.17) is 14.7 Å². The highest BCUT2D eigenvalue weighted by atomic mass is 16.5. The molecule has 0 spiro atoms. The van der Waals surface area contributed by atoms with Gasteiger partial charge in [0, 0.05) is 12.5 Å². The number of carbonyl (C=O) groups is 1. The number of fused-ring (bicyclic) bond motifs is 3. The van der Waals surface area contributed by atoms with Gasteiger partial charge in [-0.15, -0.1) is 0 Å². The molecule has 0 radical (unpaired) electrons. The van der Waals surface area contributed by atoms with Crippen molar-refractivity contribution in [2.24, 2.45) is 0 Å². The van der Waals surface area contributed by atoms with Crippen LogP contribution in [0.15, 0.2) is 72.8 Å². The zero-order valence-electron chi connectivity index (χ0n) is 17.2. The van der Waals surface area contributed by atoms with Gasteiger partial charge in [0.05, 0.1) is 12.7 Å². The van der Waals surface area contributed by atoms with E-state index in [0.29, 0.717) is 17.9 Å². The van der Waals surface area contributed by atoms with Gasteiger partial charge >= 0.3 is 6.09 Å². The maximum absolute atomic E-state index is 12.2. The van der Waals surface area contributed by atoms with Crippen molar-refractivity contribution in [2.45, 2.75) is 5.92 Å². The first-order valence-corrected chi connectivity index (χ1v) is 10.0. The minimum absolute atomic E-state index is 0.0393. The average Bonchev–Trinajstić information content (AvgIpc) is 3.14. The third-order valence-electron chi connectivity index (χ3n) is 5.36. The van der Waals surface area contributed by atoms with Crippen LogP contribution in [0.2, 0.25) is 0 Å². The summed E-state index contributed by atoms with van der Waals surface area (Å²) in [4.78, 5) is 12.2. The average molecular weight is 410 g/mol. The van der Waals surface area contributed by atoms with Crippen LogP contribution in [-0.2, 0) is 4.74 Å². The zero-order chi connectivity index (χ0) is 21.6. The molecule has 1 aliphatic rings. The Labute approximate surface area is 181 Å². The Morgan fingerprint density at radius 1 is 1.06 bits per heavy atom. The third-order valence-corrected chi connectivity index (χ3v) is 5.36. The molecule has 0 saturated carbocycles. The van der Waals surface area contributed by atoms with Crippen molar-refractivity contribution >= 4 is 12.2 Å². The van der Waals surface area contributed by atoms with Gasteiger partial charge in [-0.3, -0.25) is 0 Å². The van der Waals surface area contributed by atoms with Gasteiger partial charge in [0.15, 0.2) is 0 Å². The number of nitrogens with zero attached hydrogens (tertiary/aromatic N) is 1. The molecule has 0 atom stereocenters. The number of ether oxygens (including phenoxy) is 2. The van der Waals surface area contributed by atoms with Gasteiger partial charge < -0.3 is 14.8 Å². The molecular weight excluding hydrogens is 388 g/mol. The van der Waals surface area contributed by atoms with E-state index >= 15 is 0 Å². The molecule has 0 unspecified atom stereocenters. The van der Waals surface area contributed by atoms with Gasteiger partial charge in [-0.1, -0.05) is 66.7 Å². The second kappa shape index (κ2) is 9.19. The fraction of sp³-hybridized carbons (Fsp3) is 0.154. The smallest absolute Gasteiger partial charge is 0.407 e. The molecule has 0 heterocycles. The monoisotopic (exact) mass is 410 g/mol. The third kappa shape index (κ3) is 4.29.